The SMILES string of the molecule is CN(Cc1ccccc1)C(=O)N1CCC(C(=O)NCC(C)(C)N)CC1.Cl. The number of nitrogens with one attached hydrogen (secondary N) is 1. The molecule has 1 aromatic carbocycles. The molecule has 0 spiro atoms. The highest BCUT2D eigenvalue weighted by Gasteiger charge is 2.29. The van der Waals surface area contributed by atoms with E-state index < -0.39 is 5.54 Å². The molecule has 0 aliphatic carbocycles. The van der Waals surface area contributed by atoms with E-state index in [9.17, 15) is 9.59 Å². The number of amides is 3. The first kappa shape index (κ1) is 22.3. The standard InChI is InChI=1S/C19H30N4O2.ClH/c1-19(2,20)14-21-17(24)16-9-11-23(12-10-16)18(25)22(3)13-15-7-5-4-6-8-15;/h4-8,16H,9-14,20H2,1-3H3,(H,21,24);1H. The summed E-state index contributed by atoms with van der Waals surface area (Å²) in [5.41, 5.74) is 6.60. The Bertz CT molecular complexity index is 581. The van der Waals surface area contributed by atoms with E-state index in [2.05, 4.69) is 5.32 Å². The molecule has 3 amide bonds. The van der Waals surface area contributed by atoms with Crippen LogP contribution in [-0.2, 0) is 11.3 Å². The minimum Gasteiger partial charge on any atom is -0.354 e. The molecule has 146 valence electrons. The Hall–Kier alpha value is -1.79. The third-order valence-corrected chi connectivity index (χ3v) is 4.44. The van der Waals surface area contributed by atoms with E-state index in [1.165, 1.54) is 0 Å². The molecular weight excluding hydrogens is 352 g/mol. The Morgan fingerprint density at radius 1 is 1.23 bits per heavy atom. The quantitative estimate of drug-likeness (QED) is 0.819. The molecule has 0 saturated carbocycles. The van der Waals surface area contributed by atoms with Crippen molar-refractivity contribution in [2.24, 2.45) is 11.7 Å². The molecule has 0 unspecified atom stereocenters. The second-order valence-electron chi connectivity index (χ2n) is 7.59. The van der Waals surface area contributed by atoms with Crippen LogP contribution in [0, 0.1) is 5.92 Å². The van der Waals surface area contributed by atoms with Crippen LogP contribution in [0.15, 0.2) is 30.3 Å². The lowest BCUT2D eigenvalue weighted by Crippen LogP contribution is -2.50. The zero-order chi connectivity index (χ0) is 18.4. The number of halogens is 1. The number of hydrogen-bond acceptors (Lipinski definition) is 3. The number of benzene rings is 1. The van der Waals surface area contributed by atoms with Gasteiger partial charge in [0.15, 0.2) is 0 Å². The molecule has 1 aliphatic rings. The summed E-state index contributed by atoms with van der Waals surface area (Å²) in [7, 11) is 1.82. The fourth-order valence-electron chi connectivity index (χ4n) is 2.96. The van der Waals surface area contributed by atoms with Crippen molar-refractivity contribution in [1.29, 1.82) is 0 Å². The van der Waals surface area contributed by atoms with E-state index in [0.717, 1.165) is 5.56 Å². The molecule has 1 fully saturated rings. The van der Waals surface area contributed by atoms with Gasteiger partial charge in [-0.1, -0.05) is 30.3 Å². The van der Waals surface area contributed by atoms with Crippen molar-refractivity contribution >= 4 is 24.3 Å². The molecule has 26 heavy (non-hydrogen) atoms. The molecule has 0 aromatic heterocycles. The van der Waals surface area contributed by atoms with E-state index in [1.54, 1.807) is 4.90 Å². The number of urea groups is 1. The molecule has 1 aromatic rings. The zero-order valence-electron chi connectivity index (χ0n) is 15.9. The maximum Gasteiger partial charge on any atom is 0.320 e. The van der Waals surface area contributed by atoms with Crippen LogP contribution in [-0.4, -0.2) is 54.0 Å². The molecule has 1 heterocycles. The van der Waals surface area contributed by atoms with Gasteiger partial charge in [0.2, 0.25) is 5.91 Å². The lowest BCUT2D eigenvalue weighted by Gasteiger charge is -2.34. The monoisotopic (exact) mass is 382 g/mol. The van der Waals surface area contributed by atoms with E-state index in [1.807, 2.05) is 56.1 Å². The van der Waals surface area contributed by atoms with E-state index in [0.29, 0.717) is 39.0 Å². The Kier molecular flexibility index (Phi) is 8.37. The van der Waals surface area contributed by atoms with Gasteiger partial charge < -0.3 is 20.9 Å². The minimum atomic E-state index is -0.410. The highest BCUT2D eigenvalue weighted by molar-refractivity contribution is 5.85. The van der Waals surface area contributed by atoms with E-state index in [4.69, 9.17) is 5.73 Å². The van der Waals surface area contributed by atoms with Crippen LogP contribution in [0.3, 0.4) is 0 Å². The van der Waals surface area contributed by atoms with Gasteiger partial charge in [-0.2, -0.15) is 0 Å². The summed E-state index contributed by atoms with van der Waals surface area (Å²) in [6.45, 7) is 6.05. The lowest BCUT2D eigenvalue weighted by atomic mass is 9.95. The Morgan fingerprint density at radius 3 is 2.35 bits per heavy atom. The van der Waals surface area contributed by atoms with Crippen molar-refractivity contribution in [2.75, 3.05) is 26.7 Å². The highest BCUT2D eigenvalue weighted by Crippen LogP contribution is 2.19. The van der Waals surface area contributed by atoms with Crippen LogP contribution >= 0.6 is 12.4 Å². The third-order valence-electron chi connectivity index (χ3n) is 4.44. The van der Waals surface area contributed by atoms with Crippen LogP contribution < -0.4 is 11.1 Å². The largest absolute Gasteiger partial charge is 0.354 e. The minimum absolute atomic E-state index is 0. The molecule has 0 atom stereocenters. The maximum absolute atomic E-state index is 12.6. The van der Waals surface area contributed by atoms with Gasteiger partial charge in [0.1, 0.15) is 0 Å². The molecule has 1 aliphatic heterocycles. The molecular formula is C19H31ClN4O2. The van der Waals surface area contributed by atoms with E-state index >= 15 is 0 Å². The predicted octanol–water partition coefficient (Wildman–Crippen LogP) is 2.23. The van der Waals surface area contributed by atoms with Crippen molar-refractivity contribution in [3.05, 3.63) is 35.9 Å². The number of hydrogen-bond donors (Lipinski definition) is 2. The van der Waals surface area contributed by atoms with Crippen molar-refractivity contribution in [3.8, 4) is 0 Å². The number of nitrogens with two attached hydrogens (primary N) is 1. The van der Waals surface area contributed by atoms with Crippen LogP contribution in [0.4, 0.5) is 4.79 Å². The van der Waals surface area contributed by atoms with Crippen molar-refractivity contribution in [2.45, 2.75) is 38.8 Å². The lowest BCUT2D eigenvalue weighted by molar-refractivity contribution is -0.126. The van der Waals surface area contributed by atoms with Gasteiger partial charge in [0.05, 0.1) is 0 Å². The number of carbonyl (C=O) groups excluding carboxylic acids is 2. The second-order valence-corrected chi connectivity index (χ2v) is 7.59. The number of carbonyl (C=O) groups is 2. The van der Waals surface area contributed by atoms with Gasteiger partial charge in [-0.3, -0.25) is 4.79 Å². The van der Waals surface area contributed by atoms with Crippen LogP contribution in [0.1, 0.15) is 32.3 Å². The van der Waals surface area contributed by atoms with Crippen molar-refractivity contribution in [1.82, 2.24) is 15.1 Å². The Balaban J connectivity index is 0.00000338. The number of piperidine rings is 1. The molecule has 3 N–H and O–H groups in total. The third kappa shape index (κ3) is 6.84. The molecule has 2 rings (SSSR count). The summed E-state index contributed by atoms with van der Waals surface area (Å²) < 4.78 is 0. The molecule has 1 saturated heterocycles. The zero-order valence-corrected chi connectivity index (χ0v) is 16.7. The van der Waals surface area contributed by atoms with Gasteiger partial charge >= 0.3 is 6.03 Å². The number of rotatable bonds is 5. The van der Waals surface area contributed by atoms with Crippen LogP contribution in [0.2, 0.25) is 0 Å². The van der Waals surface area contributed by atoms with Crippen molar-refractivity contribution in [3.63, 3.8) is 0 Å². The van der Waals surface area contributed by atoms with Crippen LogP contribution in [0.25, 0.3) is 0 Å². The fourth-order valence-corrected chi connectivity index (χ4v) is 2.96. The molecule has 6 nitrogen and oxygen atoms in total. The van der Waals surface area contributed by atoms with Gasteiger partial charge in [-0.05, 0) is 32.3 Å². The second kappa shape index (κ2) is 9.78. The van der Waals surface area contributed by atoms with Crippen LogP contribution in [0.5, 0.6) is 0 Å². The average molecular weight is 383 g/mol. The fraction of sp³-hybridized carbons (Fsp3) is 0.579. The van der Waals surface area contributed by atoms with Gasteiger partial charge in [0, 0.05) is 44.7 Å². The average Bonchev–Trinajstić information content (AvgIpc) is 2.59. The molecule has 0 bridgehead atoms. The summed E-state index contributed by atoms with van der Waals surface area (Å²) in [5.74, 6) is 0.00842. The number of likely N-dealkylation sites (tertiary alicyclic amines) is 1. The first-order valence-corrected chi connectivity index (χ1v) is 8.87. The summed E-state index contributed by atoms with van der Waals surface area (Å²) >= 11 is 0. The summed E-state index contributed by atoms with van der Waals surface area (Å²) in [6.07, 6.45) is 1.39. The first-order chi connectivity index (χ1) is 11.8. The van der Waals surface area contributed by atoms with Gasteiger partial charge in [-0.25, -0.2) is 4.79 Å². The normalized spacial score (nSPS) is 15.2. The Labute approximate surface area is 162 Å². The highest BCUT2D eigenvalue weighted by atomic mass is 35.5. The smallest absolute Gasteiger partial charge is 0.320 e. The summed E-state index contributed by atoms with van der Waals surface area (Å²) in [6, 6.07) is 9.96. The van der Waals surface area contributed by atoms with Gasteiger partial charge in [0.25, 0.3) is 0 Å². The molecule has 0 radical (unpaired) electrons. The van der Waals surface area contributed by atoms with Crippen molar-refractivity contribution < 1.29 is 9.59 Å². The summed E-state index contributed by atoms with van der Waals surface area (Å²) in [5, 5.41) is 2.91. The van der Waals surface area contributed by atoms with E-state index in [-0.39, 0.29) is 30.3 Å². The van der Waals surface area contributed by atoms with Gasteiger partial charge in [-0.15, -0.1) is 12.4 Å². The maximum atomic E-state index is 12.6. The summed E-state index contributed by atoms with van der Waals surface area (Å²) in [4.78, 5) is 28.3. The molecule has 7 heteroatoms. The Morgan fingerprint density at radius 2 is 1.81 bits per heavy atom. The predicted molar refractivity (Wildman–Crippen MR) is 106 cm³/mol. The topological polar surface area (TPSA) is 78.7 Å². The number of nitrogens with zero attached hydrogens (tertiary/aromatic N) is 2. The first-order valence-electron chi connectivity index (χ1n) is 8.87.